The third-order valence-corrected chi connectivity index (χ3v) is 3.51. The van der Waals surface area contributed by atoms with Crippen LogP contribution in [0.15, 0.2) is 47.1 Å². The number of rotatable bonds is 7. The molecule has 2 rings (SSSR count). The van der Waals surface area contributed by atoms with Crippen LogP contribution in [0.3, 0.4) is 0 Å². The Kier molecular flexibility index (Phi) is 5.84. The van der Waals surface area contributed by atoms with Gasteiger partial charge in [-0.3, -0.25) is 4.79 Å². The smallest absolute Gasteiger partial charge is 0.275 e. The van der Waals surface area contributed by atoms with Gasteiger partial charge in [0.2, 0.25) is 0 Å². The number of amides is 1. The first-order valence-corrected chi connectivity index (χ1v) is 7.41. The van der Waals surface area contributed by atoms with Gasteiger partial charge in [0.1, 0.15) is 6.04 Å². The number of benzene rings is 1. The minimum absolute atomic E-state index is 0.0236. The van der Waals surface area contributed by atoms with Crippen LogP contribution in [0, 0.1) is 0 Å². The second kappa shape index (κ2) is 7.86. The number of quaternary nitrogens is 1. The Labute approximate surface area is 129 Å². The molecule has 1 aromatic heterocycles. The van der Waals surface area contributed by atoms with Crippen LogP contribution in [0.25, 0.3) is 0 Å². The van der Waals surface area contributed by atoms with Gasteiger partial charge in [-0.2, -0.15) is 0 Å². The third kappa shape index (κ3) is 5.25. The van der Waals surface area contributed by atoms with Crippen LogP contribution in [0.4, 0.5) is 0 Å². The highest BCUT2D eigenvalue weighted by Crippen LogP contribution is 2.10. The van der Waals surface area contributed by atoms with E-state index in [4.69, 9.17) is 16.0 Å². The van der Waals surface area contributed by atoms with E-state index in [0.717, 1.165) is 22.8 Å². The second-order valence-electron chi connectivity index (χ2n) is 4.97. The molecule has 1 amide bonds. The van der Waals surface area contributed by atoms with Gasteiger partial charge < -0.3 is 15.1 Å². The van der Waals surface area contributed by atoms with Crippen molar-refractivity contribution in [2.45, 2.75) is 19.4 Å². The lowest BCUT2D eigenvalue weighted by atomic mass is 10.1. The van der Waals surface area contributed by atoms with Crippen LogP contribution in [-0.4, -0.2) is 19.0 Å². The Bertz CT molecular complexity index is 569. The fourth-order valence-electron chi connectivity index (χ4n) is 2.06. The van der Waals surface area contributed by atoms with Crippen molar-refractivity contribution in [2.75, 3.05) is 13.1 Å². The maximum absolute atomic E-state index is 11.8. The minimum atomic E-state index is 0.0236. The molecule has 1 aromatic carbocycles. The van der Waals surface area contributed by atoms with Gasteiger partial charge in [-0.1, -0.05) is 23.7 Å². The molecule has 112 valence electrons. The van der Waals surface area contributed by atoms with E-state index in [1.54, 1.807) is 6.26 Å². The van der Waals surface area contributed by atoms with Crippen molar-refractivity contribution in [2.24, 2.45) is 0 Å². The maximum Gasteiger partial charge on any atom is 0.275 e. The van der Waals surface area contributed by atoms with E-state index in [-0.39, 0.29) is 11.9 Å². The zero-order chi connectivity index (χ0) is 15.1. The Morgan fingerprint density at radius 3 is 2.95 bits per heavy atom. The Morgan fingerprint density at radius 1 is 1.38 bits per heavy atom. The summed E-state index contributed by atoms with van der Waals surface area (Å²) in [4.78, 5) is 11.8. The van der Waals surface area contributed by atoms with Crippen LogP contribution in [-0.2, 0) is 11.2 Å². The highest BCUT2D eigenvalue weighted by atomic mass is 35.5. The summed E-state index contributed by atoms with van der Waals surface area (Å²) in [5.41, 5.74) is 1.12. The Hall–Kier alpha value is -1.78. The zero-order valence-corrected chi connectivity index (χ0v) is 12.8. The summed E-state index contributed by atoms with van der Waals surface area (Å²) in [6.07, 6.45) is 2.42. The van der Waals surface area contributed by atoms with Gasteiger partial charge in [-0.15, -0.1) is 0 Å². The summed E-state index contributed by atoms with van der Waals surface area (Å²) >= 11 is 5.92. The molecule has 0 bridgehead atoms. The van der Waals surface area contributed by atoms with Crippen LogP contribution in [0.2, 0.25) is 5.02 Å². The first-order chi connectivity index (χ1) is 10.1. The number of nitrogens with one attached hydrogen (secondary N) is 1. The molecule has 0 unspecified atom stereocenters. The molecule has 3 N–H and O–H groups in total. The average Bonchev–Trinajstić information content (AvgIpc) is 2.99. The first kappa shape index (κ1) is 15.6. The normalized spacial score (nSPS) is 12.1. The summed E-state index contributed by atoms with van der Waals surface area (Å²) in [6.45, 7) is 3.01. The topological polar surface area (TPSA) is 58.9 Å². The summed E-state index contributed by atoms with van der Waals surface area (Å²) in [5, 5.41) is 5.58. The van der Waals surface area contributed by atoms with E-state index in [1.807, 2.05) is 48.6 Å². The Morgan fingerprint density at radius 2 is 2.24 bits per heavy atom. The fourth-order valence-corrected chi connectivity index (χ4v) is 2.27. The van der Waals surface area contributed by atoms with Gasteiger partial charge in [-0.25, -0.2) is 0 Å². The molecule has 4 nitrogen and oxygen atoms in total. The molecule has 1 atom stereocenters. The van der Waals surface area contributed by atoms with Crippen molar-refractivity contribution in [3.8, 4) is 0 Å². The Balaban J connectivity index is 1.66. The highest BCUT2D eigenvalue weighted by molar-refractivity contribution is 6.30. The fraction of sp³-hybridized carbons (Fsp3) is 0.312. The molecule has 0 saturated carbocycles. The minimum Gasteiger partial charge on any atom is -0.463 e. The number of carbonyl (C=O) groups is 1. The standard InChI is InChI=1S/C16H19ClN2O2/c1-12(15-6-3-9-21-15)19-11-16(20)18-8-7-13-4-2-5-14(17)10-13/h2-6,9-10,12,19H,7-8,11H2,1H3,(H,18,20)/p+1/t12-/m0/s1. The van der Waals surface area contributed by atoms with Crippen molar-refractivity contribution in [3.05, 3.63) is 59.0 Å². The van der Waals surface area contributed by atoms with Crippen LogP contribution < -0.4 is 10.6 Å². The van der Waals surface area contributed by atoms with Gasteiger partial charge in [0.05, 0.1) is 6.26 Å². The summed E-state index contributed by atoms with van der Waals surface area (Å²) in [5.74, 6) is 0.900. The number of hydrogen-bond donors (Lipinski definition) is 2. The van der Waals surface area contributed by atoms with E-state index in [2.05, 4.69) is 5.32 Å². The number of carbonyl (C=O) groups excluding carboxylic acids is 1. The number of hydrogen-bond acceptors (Lipinski definition) is 2. The van der Waals surface area contributed by atoms with Crippen molar-refractivity contribution in [1.29, 1.82) is 0 Å². The zero-order valence-electron chi connectivity index (χ0n) is 12.0. The quantitative estimate of drug-likeness (QED) is 0.821. The molecular weight excluding hydrogens is 288 g/mol. The molecule has 0 saturated heterocycles. The van der Waals surface area contributed by atoms with Crippen LogP contribution >= 0.6 is 11.6 Å². The van der Waals surface area contributed by atoms with E-state index in [0.29, 0.717) is 13.1 Å². The molecule has 0 spiro atoms. The van der Waals surface area contributed by atoms with E-state index in [9.17, 15) is 4.79 Å². The molecule has 0 fully saturated rings. The predicted octanol–water partition coefficient (Wildman–Crippen LogP) is 1.92. The number of nitrogens with two attached hydrogens (primary N) is 1. The second-order valence-corrected chi connectivity index (χ2v) is 5.41. The molecule has 21 heavy (non-hydrogen) atoms. The summed E-state index contributed by atoms with van der Waals surface area (Å²) in [6, 6.07) is 11.6. The van der Waals surface area contributed by atoms with Crippen LogP contribution in [0.5, 0.6) is 0 Å². The molecule has 2 aromatic rings. The third-order valence-electron chi connectivity index (χ3n) is 3.27. The molecule has 0 radical (unpaired) electrons. The van der Waals surface area contributed by atoms with Crippen molar-refractivity contribution < 1.29 is 14.5 Å². The average molecular weight is 308 g/mol. The summed E-state index contributed by atoms with van der Waals surface area (Å²) < 4.78 is 5.30. The molecular formula is C16H20ClN2O2+. The van der Waals surface area contributed by atoms with Gasteiger partial charge in [0.25, 0.3) is 5.91 Å². The lowest BCUT2D eigenvalue weighted by Crippen LogP contribution is -2.87. The highest BCUT2D eigenvalue weighted by Gasteiger charge is 2.13. The summed E-state index contributed by atoms with van der Waals surface area (Å²) in [7, 11) is 0. The maximum atomic E-state index is 11.8. The largest absolute Gasteiger partial charge is 0.463 e. The predicted molar refractivity (Wildman–Crippen MR) is 82.1 cm³/mol. The molecule has 0 aliphatic carbocycles. The van der Waals surface area contributed by atoms with Gasteiger partial charge in [0, 0.05) is 11.6 Å². The van der Waals surface area contributed by atoms with Crippen LogP contribution in [0.1, 0.15) is 24.3 Å². The lowest BCUT2D eigenvalue weighted by molar-refractivity contribution is -0.684. The molecule has 0 aliphatic rings. The number of halogens is 1. The molecule has 5 heteroatoms. The van der Waals surface area contributed by atoms with Crippen molar-refractivity contribution >= 4 is 17.5 Å². The number of furan rings is 1. The van der Waals surface area contributed by atoms with Crippen molar-refractivity contribution in [1.82, 2.24) is 5.32 Å². The monoisotopic (exact) mass is 307 g/mol. The lowest BCUT2D eigenvalue weighted by Gasteiger charge is -2.08. The molecule has 1 heterocycles. The van der Waals surface area contributed by atoms with E-state index >= 15 is 0 Å². The van der Waals surface area contributed by atoms with Gasteiger partial charge >= 0.3 is 0 Å². The first-order valence-electron chi connectivity index (χ1n) is 7.03. The van der Waals surface area contributed by atoms with Gasteiger partial charge in [0.15, 0.2) is 12.3 Å². The van der Waals surface area contributed by atoms with E-state index in [1.165, 1.54) is 0 Å². The SMILES string of the molecule is C[C@H]([NH2+]CC(=O)NCCc1cccc(Cl)c1)c1ccco1. The molecule has 0 aliphatic heterocycles. The van der Waals surface area contributed by atoms with E-state index < -0.39 is 0 Å². The van der Waals surface area contributed by atoms with Gasteiger partial charge in [-0.05, 0) is 43.2 Å². The van der Waals surface area contributed by atoms with Crippen molar-refractivity contribution in [3.63, 3.8) is 0 Å².